The molecule has 1 amide bonds. The molecule has 0 saturated heterocycles. The molecular weight excluding hydrogens is 289 g/mol. The standard InChI is InChI=1S/C12H9BrClNO/c1-6-2-7-5-11(14)10(13)4-8(7)3-9(6)12(15)16/h2-5H,1H3,(H2,15,16). The van der Waals surface area contributed by atoms with E-state index in [0.717, 1.165) is 20.8 Å². The molecule has 0 saturated carbocycles. The van der Waals surface area contributed by atoms with Gasteiger partial charge in [-0.05, 0) is 57.4 Å². The first-order chi connectivity index (χ1) is 7.49. The molecular formula is C12H9BrClNO. The van der Waals surface area contributed by atoms with Gasteiger partial charge in [-0.3, -0.25) is 4.79 Å². The van der Waals surface area contributed by atoms with Gasteiger partial charge in [-0.2, -0.15) is 0 Å². The number of rotatable bonds is 1. The monoisotopic (exact) mass is 297 g/mol. The fourth-order valence-electron chi connectivity index (χ4n) is 1.67. The van der Waals surface area contributed by atoms with E-state index in [1.165, 1.54) is 0 Å². The third-order valence-electron chi connectivity index (χ3n) is 2.49. The van der Waals surface area contributed by atoms with Crippen LogP contribution in [0, 0.1) is 6.92 Å². The Morgan fingerprint density at radius 3 is 2.50 bits per heavy atom. The molecule has 0 aromatic heterocycles. The Hall–Kier alpha value is -1.06. The maximum atomic E-state index is 11.2. The van der Waals surface area contributed by atoms with E-state index in [0.29, 0.717) is 10.6 Å². The SMILES string of the molecule is Cc1cc2cc(Cl)c(Br)cc2cc1C(N)=O. The molecule has 0 heterocycles. The van der Waals surface area contributed by atoms with Crippen molar-refractivity contribution in [2.24, 2.45) is 5.73 Å². The Bertz CT molecular complexity index is 595. The summed E-state index contributed by atoms with van der Waals surface area (Å²) in [6.07, 6.45) is 0. The van der Waals surface area contributed by atoms with E-state index in [1.54, 1.807) is 6.07 Å². The maximum Gasteiger partial charge on any atom is 0.248 e. The van der Waals surface area contributed by atoms with Crippen LogP contribution in [-0.4, -0.2) is 5.91 Å². The topological polar surface area (TPSA) is 43.1 Å². The molecule has 0 bridgehead atoms. The predicted molar refractivity (Wildman–Crippen MR) is 69.9 cm³/mol. The molecule has 2 N–H and O–H groups in total. The number of carbonyl (C=O) groups is 1. The van der Waals surface area contributed by atoms with E-state index >= 15 is 0 Å². The summed E-state index contributed by atoms with van der Waals surface area (Å²) in [4.78, 5) is 11.2. The molecule has 0 aliphatic carbocycles. The minimum atomic E-state index is -0.412. The van der Waals surface area contributed by atoms with E-state index in [9.17, 15) is 4.79 Å². The van der Waals surface area contributed by atoms with Crippen molar-refractivity contribution in [3.05, 3.63) is 44.9 Å². The predicted octanol–water partition coefficient (Wildman–Crippen LogP) is 3.66. The summed E-state index contributed by atoms with van der Waals surface area (Å²) in [7, 11) is 0. The van der Waals surface area contributed by atoms with Crippen molar-refractivity contribution in [1.29, 1.82) is 0 Å². The lowest BCUT2D eigenvalue weighted by Crippen LogP contribution is -2.12. The first-order valence-corrected chi connectivity index (χ1v) is 5.85. The molecule has 16 heavy (non-hydrogen) atoms. The Morgan fingerprint density at radius 1 is 1.25 bits per heavy atom. The highest BCUT2D eigenvalue weighted by Crippen LogP contribution is 2.29. The van der Waals surface area contributed by atoms with E-state index in [-0.39, 0.29) is 0 Å². The second-order valence-electron chi connectivity index (χ2n) is 3.64. The minimum Gasteiger partial charge on any atom is -0.366 e. The fraction of sp³-hybridized carbons (Fsp3) is 0.0833. The van der Waals surface area contributed by atoms with Crippen molar-refractivity contribution in [2.45, 2.75) is 6.92 Å². The van der Waals surface area contributed by atoms with Crippen LogP contribution in [0.25, 0.3) is 10.8 Å². The van der Waals surface area contributed by atoms with Crippen LogP contribution in [0.2, 0.25) is 5.02 Å². The van der Waals surface area contributed by atoms with Crippen molar-refractivity contribution >= 4 is 44.2 Å². The molecule has 4 heteroatoms. The van der Waals surface area contributed by atoms with Crippen molar-refractivity contribution in [1.82, 2.24) is 0 Å². The van der Waals surface area contributed by atoms with Gasteiger partial charge >= 0.3 is 0 Å². The van der Waals surface area contributed by atoms with Gasteiger partial charge in [-0.15, -0.1) is 0 Å². The third-order valence-corrected chi connectivity index (χ3v) is 3.69. The number of amides is 1. The fourth-order valence-corrected chi connectivity index (χ4v) is 2.21. The van der Waals surface area contributed by atoms with Gasteiger partial charge in [0.05, 0.1) is 5.02 Å². The van der Waals surface area contributed by atoms with Crippen LogP contribution >= 0.6 is 27.5 Å². The van der Waals surface area contributed by atoms with Gasteiger partial charge in [0.2, 0.25) is 5.91 Å². The van der Waals surface area contributed by atoms with Crippen molar-refractivity contribution in [3.63, 3.8) is 0 Å². The van der Waals surface area contributed by atoms with Crippen LogP contribution in [0.3, 0.4) is 0 Å². The molecule has 0 atom stereocenters. The highest BCUT2D eigenvalue weighted by molar-refractivity contribution is 9.10. The number of hydrogen-bond acceptors (Lipinski definition) is 1. The average molecular weight is 299 g/mol. The van der Waals surface area contributed by atoms with Crippen LogP contribution in [0.15, 0.2) is 28.7 Å². The summed E-state index contributed by atoms with van der Waals surface area (Å²) in [6.45, 7) is 1.86. The largest absolute Gasteiger partial charge is 0.366 e. The van der Waals surface area contributed by atoms with Gasteiger partial charge in [-0.25, -0.2) is 0 Å². The van der Waals surface area contributed by atoms with Crippen molar-refractivity contribution < 1.29 is 4.79 Å². The van der Waals surface area contributed by atoms with Crippen LogP contribution in [0.4, 0.5) is 0 Å². The van der Waals surface area contributed by atoms with Gasteiger partial charge < -0.3 is 5.73 Å². The third kappa shape index (κ3) is 1.93. The zero-order chi connectivity index (χ0) is 11.9. The van der Waals surface area contributed by atoms with Crippen LogP contribution in [0.1, 0.15) is 15.9 Å². The van der Waals surface area contributed by atoms with E-state index in [1.807, 2.05) is 25.1 Å². The number of benzene rings is 2. The highest BCUT2D eigenvalue weighted by Gasteiger charge is 2.08. The molecule has 82 valence electrons. The van der Waals surface area contributed by atoms with Crippen LogP contribution < -0.4 is 5.73 Å². The highest BCUT2D eigenvalue weighted by atomic mass is 79.9. The zero-order valence-corrected chi connectivity index (χ0v) is 10.9. The summed E-state index contributed by atoms with van der Waals surface area (Å²) in [5.41, 5.74) is 6.70. The Labute approximate surface area is 107 Å². The molecule has 0 aliphatic rings. The van der Waals surface area contributed by atoms with Gasteiger partial charge in [-0.1, -0.05) is 17.7 Å². The van der Waals surface area contributed by atoms with Gasteiger partial charge in [0.15, 0.2) is 0 Å². The Kier molecular flexibility index (Phi) is 2.91. The Balaban J connectivity index is 2.79. The first-order valence-electron chi connectivity index (χ1n) is 4.68. The number of hydrogen-bond donors (Lipinski definition) is 1. The van der Waals surface area contributed by atoms with Gasteiger partial charge in [0.25, 0.3) is 0 Å². The smallest absolute Gasteiger partial charge is 0.248 e. The number of halogens is 2. The number of nitrogens with two attached hydrogens (primary N) is 1. The summed E-state index contributed by atoms with van der Waals surface area (Å²) in [5, 5.41) is 2.59. The zero-order valence-electron chi connectivity index (χ0n) is 8.55. The van der Waals surface area contributed by atoms with Gasteiger partial charge in [0, 0.05) is 10.0 Å². The molecule has 0 radical (unpaired) electrons. The second kappa shape index (κ2) is 4.07. The molecule has 2 aromatic carbocycles. The van der Waals surface area contributed by atoms with E-state index in [4.69, 9.17) is 17.3 Å². The quantitative estimate of drug-likeness (QED) is 0.858. The molecule has 0 aliphatic heterocycles. The lowest BCUT2D eigenvalue weighted by molar-refractivity contribution is 0.1000. The van der Waals surface area contributed by atoms with E-state index in [2.05, 4.69) is 15.9 Å². The molecule has 0 spiro atoms. The number of aryl methyl sites for hydroxylation is 1. The van der Waals surface area contributed by atoms with Crippen LogP contribution in [-0.2, 0) is 0 Å². The van der Waals surface area contributed by atoms with Crippen molar-refractivity contribution in [3.8, 4) is 0 Å². The summed E-state index contributed by atoms with van der Waals surface area (Å²) >= 11 is 9.35. The molecule has 2 nitrogen and oxygen atoms in total. The average Bonchev–Trinajstić information content (AvgIpc) is 2.19. The summed E-state index contributed by atoms with van der Waals surface area (Å²) < 4.78 is 0.806. The molecule has 0 fully saturated rings. The Morgan fingerprint density at radius 2 is 1.88 bits per heavy atom. The molecule has 0 unspecified atom stereocenters. The number of carbonyl (C=O) groups excluding carboxylic acids is 1. The minimum absolute atomic E-state index is 0.412. The summed E-state index contributed by atoms with van der Waals surface area (Å²) in [5.74, 6) is -0.412. The lowest BCUT2D eigenvalue weighted by atomic mass is 10.0. The number of fused-ring (bicyclic) bond motifs is 1. The van der Waals surface area contributed by atoms with Gasteiger partial charge in [0.1, 0.15) is 0 Å². The van der Waals surface area contributed by atoms with E-state index < -0.39 is 5.91 Å². The first kappa shape index (κ1) is 11.4. The summed E-state index contributed by atoms with van der Waals surface area (Å²) in [6, 6.07) is 7.43. The number of primary amides is 1. The van der Waals surface area contributed by atoms with Crippen molar-refractivity contribution in [2.75, 3.05) is 0 Å². The second-order valence-corrected chi connectivity index (χ2v) is 4.91. The lowest BCUT2D eigenvalue weighted by Gasteiger charge is -2.06. The maximum absolute atomic E-state index is 11.2. The molecule has 2 aromatic rings. The normalized spacial score (nSPS) is 10.7. The molecule has 2 rings (SSSR count). The van der Waals surface area contributed by atoms with Crippen LogP contribution in [0.5, 0.6) is 0 Å².